The Kier molecular flexibility index (Phi) is 5.29. The number of amides is 1. The van der Waals surface area contributed by atoms with E-state index in [4.69, 9.17) is 0 Å². The average molecular weight is 281 g/mol. The fraction of sp³-hybridized carbons (Fsp3) is 0.533. The van der Waals surface area contributed by atoms with E-state index in [1.807, 2.05) is 19.1 Å². The Labute approximate surface area is 120 Å². The van der Waals surface area contributed by atoms with E-state index in [1.54, 1.807) is 35.8 Å². The molecule has 1 aromatic rings. The summed E-state index contributed by atoms with van der Waals surface area (Å²) in [6.07, 6.45) is 0. The maximum absolute atomic E-state index is 12.1. The molecular weight excluding hydrogens is 258 g/mol. The van der Waals surface area contributed by atoms with Crippen LogP contribution in [0.4, 0.5) is 0 Å². The molecule has 1 rings (SSSR count). The zero-order valence-electron chi connectivity index (χ0n) is 12.3. The molecule has 3 nitrogen and oxygen atoms in total. The van der Waals surface area contributed by atoms with Gasteiger partial charge in [-0.15, -0.1) is 11.8 Å². The third-order valence-electron chi connectivity index (χ3n) is 2.99. The minimum Gasteiger partial charge on any atom is -0.508 e. The Hall–Kier alpha value is -1.16. The van der Waals surface area contributed by atoms with Gasteiger partial charge in [0.25, 0.3) is 0 Å². The number of benzene rings is 1. The van der Waals surface area contributed by atoms with Gasteiger partial charge in [0.1, 0.15) is 5.75 Å². The summed E-state index contributed by atoms with van der Waals surface area (Å²) in [4.78, 5) is 13.8. The van der Waals surface area contributed by atoms with Gasteiger partial charge in [-0.25, -0.2) is 0 Å². The van der Waals surface area contributed by atoms with Crippen LogP contribution in [0.5, 0.6) is 5.75 Å². The van der Waals surface area contributed by atoms with Crippen molar-refractivity contribution in [3.63, 3.8) is 0 Å². The van der Waals surface area contributed by atoms with E-state index in [2.05, 4.69) is 20.8 Å². The molecule has 0 radical (unpaired) electrons. The van der Waals surface area contributed by atoms with E-state index >= 15 is 0 Å². The number of nitrogens with zero attached hydrogens (tertiary/aromatic N) is 1. The van der Waals surface area contributed by atoms with Crippen molar-refractivity contribution in [2.24, 2.45) is 0 Å². The lowest BCUT2D eigenvalue weighted by Crippen LogP contribution is -2.32. The fourth-order valence-corrected chi connectivity index (χ4v) is 2.41. The third kappa shape index (κ3) is 4.78. The lowest BCUT2D eigenvalue weighted by atomic mass is 10.1. The Morgan fingerprint density at radius 1 is 1.37 bits per heavy atom. The predicted octanol–water partition coefficient (Wildman–Crippen LogP) is 3.44. The minimum atomic E-state index is -0.130. The first-order valence-electron chi connectivity index (χ1n) is 6.40. The number of rotatable bonds is 4. The van der Waals surface area contributed by atoms with Gasteiger partial charge in [-0.05, 0) is 13.0 Å². The van der Waals surface area contributed by atoms with Crippen LogP contribution in [0, 0.1) is 0 Å². The van der Waals surface area contributed by atoms with Crippen molar-refractivity contribution in [3.05, 3.63) is 29.8 Å². The highest BCUT2D eigenvalue weighted by molar-refractivity contribution is 8.01. The summed E-state index contributed by atoms with van der Waals surface area (Å²) in [5.74, 6) is 0.770. The van der Waals surface area contributed by atoms with E-state index in [0.29, 0.717) is 5.75 Å². The molecule has 0 saturated carbocycles. The van der Waals surface area contributed by atoms with E-state index < -0.39 is 0 Å². The number of aromatic hydroxyl groups is 1. The van der Waals surface area contributed by atoms with Gasteiger partial charge in [-0.2, -0.15) is 0 Å². The van der Waals surface area contributed by atoms with Crippen molar-refractivity contribution in [1.29, 1.82) is 0 Å². The van der Waals surface area contributed by atoms with Gasteiger partial charge in [-0.3, -0.25) is 4.79 Å². The zero-order chi connectivity index (χ0) is 14.6. The Morgan fingerprint density at radius 2 is 1.95 bits per heavy atom. The molecule has 1 unspecified atom stereocenters. The summed E-state index contributed by atoms with van der Waals surface area (Å²) in [5, 5.41) is 9.83. The van der Waals surface area contributed by atoms with E-state index in [0.717, 1.165) is 5.56 Å². The highest BCUT2D eigenvalue weighted by atomic mass is 32.2. The minimum absolute atomic E-state index is 0.0780. The molecule has 0 aliphatic heterocycles. The molecule has 0 aliphatic carbocycles. The van der Waals surface area contributed by atoms with Crippen LogP contribution < -0.4 is 0 Å². The number of hydrogen-bond donors (Lipinski definition) is 1. The maximum atomic E-state index is 12.1. The Balaban J connectivity index is 2.69. The molecule has 0 fully saturated rings. The number of hydrogen-bond acceptors (Lipinski definition) is 3. The van der Waals surface area contributed by atoms with Gasteiger partial charge in [-0.1, -0.05) is 39.0 Å². The lowest BCUT2D eigenvalue weighted by molar-refractivity contribution is -0.128. The molecule has 0 heterocycles. The number of carbonyl (C=O) groups is 1. The van der Waals surface area contributed by atoms with Crippen LogP contribution in [-0.4, -0.2) is 33.5 Å². The van der Waals surface area contributed by atoms with Gasteiger partial charge in [0.15, 0.2) is 0 Å². The van der Waals surface area contributed by atoms with Crippen LogP contribution in [0.25, 0.3) is 0 Å². The summed E-state index contributed by atoms with van der Waals surface area (Å²) < 4.78 is 0.0780. The quantitative estimate of drug-likeness (QED) is 0.919. The Bertz CT molecular complexity index is 440. The molecule has 1 N–H and O–H groups in total. The van der Waals surface area contributed by atoms with Crippen LogP contribution >= 0.6 is 11.8 Å². The SMILES string of the molecule is CC(c1ccccc1O)N(C)C(=O)CSC(C)(C)C. The van der Waals surface area contributed by atoms with Crippen LogP contribution in [0.3, 0.4) is 0 Å². The standard InChI is InChI=1S/C15H23NO2S/c1-11(12-8-6-7-9-13(12)17)16(5)14(18)10-19-15(2,3)4/h6-9,11,17H,10H2,1-5H3. The third-order valence-corrected chi connectivity index (χ3v) is 4.25. The van der Waals surface area contributed by atoms with Crippen molar-refractivity contribution in [1.82, 2.24) is 4.90 Å². The van der Waals surface area contributed by atoms with Crippen molar-refractivity contribution >= 4 is 17.7 Å². The molecule has 106 valence electrons. The lowest BCUT2D eigenvalue weighted by Gasteiger charge is -2.27. The second-order valence-corrected chi connectivity index (χ2v) is 7.44. The molecular formula is C15H23NO2S. The van der Waals surface area contributed by atoms with Gasteiger partial charge in [0, 0.05) is 17.4 Å². The maximum Gasteiger partial charge on any atom is 0.232 e. The summed E-state index contributed by atoms with van der Waals surface area (Å²) in [7, 11) is 1.78. The average Bonchev–Trinajstić information content (AvgIpc) is 2.34. The van der Waals surface area contributed by atoms with Crippen molar-refractivity contribution < 1.29 is 9.90 Å². The monoisotopic (exact) mass is 281 g/mol. The predicted molar refractivity (Wildman–Crippen MR) is 81.5 cm³/mol. The summed E-state index contributed by atoms with van der Waals surface area (Å²) in [6, 6.07) is 7.01. The highest BCUT2D eigenvalue weighted by Crippen LogP contribution is 2.29. The number of phenols is 1. The first-order chi connectivity index (χ1) is 8.72. The van der Waals surface area contributed by atoms with Gasteiger partial charge < -0.3 is 10.0 Å². The zero-order valence-corrected chi connectivity index (χ0v) is 13.1. The van der Waals surface area contributed by atoms with Crippen LogP contribution in [0.1, 0.15) is 39.3 Å². The molecule has 1 atom stereocenters. The molecule has 0 aliphatic rings. The molecule has 0 saturated heterocycles. The first kappa shape index (κ1) is 15.9. The fourth-order valence-electron chi connectivity index (χ4n) is 1.65. The van der Waals surface area contributed by atoms with E-state index in [9.17, 15) is 9.90 Å². The second kappa shape index (κ2) is 6.33. The van der Waals surface area contributed by atoms with E-state index in [-0.39, 0.29) is 22.4 Å². The van der Waals surface area contributed by atoms with Gasteiger partial charge in [0.2, 0.25) is 5.91 Å². The normalized spacial score (nSPS) is 13.1. The molecule has 4 heteroatoms. The molecule has 0 spiro atoms. The molecule has 1 amide bonds. The second-order valence-electron chi connectivity index (χ2n) is 5.64. The number of thioether (sulfide) groups is 1. The van der Waals surface area contributed by atoms with Crippen LogP contribution in [0.15, 0.2) is 24.3 Å². The van der Waals surface area contributed by atoms with Crippen molar-refractivity contribution in [2.45, 2.75) is 38.5 Å². The van der Waals surface area contributed by atoms with Crippen LogP contribution in [-0.2, 0) is 4.79 Å². The van der Waals surface area contributed by atoms with E-state index in [1.165, 1.54) is 0 Å². The largest absolute Gasteiger partial charge is 0.508 e. The first-order valence-corrected chi connectivity index (χ1v) is 7.38. The number of carbonyl (C=O) groups excluding carboxylic acids is 1. The van der Waals surface area contributed by atoms with Crippen molar-refractivity contribution in [2.75, 3.05) is 12.8 Å². The molecule has 0 aromatic heterocycles. The molecule has 0 bridgehead atoms. The number of phenolic OH excluding ortho intramolecular Hbond substituents is 1. The Morgan fingerprint density at radius 3 is 2.47 bits per heavy atom. The summed E-state index contributed by atoms with van der Waals surface area (Å²) >= 11 is 1.63. The molecule has 1 aromatic carbocycles. The highest BCUT2D eigenvalue weighted by Gasteiger charge is 2.21. The van der Waals surface area contributed by atoms with Crippen LogP contribution in [0.2, 0.25) is 0 Å². The van der Waals surface area contributed by atoms with Gasteiger partial charge >= 0.3 is 0 Å². The summed E-state index contributed by atoms with van der Waals surface area (Å²) in [5.41, 5.74) is 0.777. The molecule has 19 heavy (non-hydrogen) atoms. The topological polar surface area (TPSA) is 40.5 Å². The number of para-hydroxylation sites is 1. The summed E-state index contributed by atoms with van der Waals surface area (Å²) in [6.45, 7) is 8.21. The van der Waals surface area contributed by atoms with Gasteiger partial charge in [0.05, 0.1) is 11.8 Å². The van der Waals surface area contributed by atoms with Crippen molar-refractivity contribution in [3.8, 4) is 5.75 Å². The smallest absolute Gasteiger partial charge is 0.232 e.